The molecule has 0 N–H and O–H groups in total. The molecule has 1 aromatic rings. The number of benzene rings is 1. The van der Waals surface area contributed by atoms with E-state index in [1.54, 1.807) is 0 Å². The molecule has 0 nitrogen and oxygen atoms in total. The molecule has 0 aliphatic rings. The largest absolute Gasteiger partial charge is 0.0843 e. The molecule has 0 aromatic heterocycles. The highest BCUT2D eigenvalue weighted by Gasteiger charge is 2.16. The third-order valence-corrected chi connectivity index (χ3v) is 3.19. The molecule has 0 aliphatic carbocycles. The van der Waals surface area contributed by atoms with Gasteiger partial charge in [0.05, 0.1) is 0 Å². The predicted molar refractivity (Wildman–Crippen MR) is 68.9 cm³/mol. The van der Waals surface area contributed by atoms with Crippen LogP contribution in [0.25, 0.3) is 0 Å². The number of rotatable bonds is 2. The molecule has 1 heteroatoms. The molecule has 1 atom stereocenters. The van der Waals surface area contributed by atoms with Gasteiger partial charge in [-0.25, -0.2) is 0 Å². The quantitative estimate of drug-likeness (QED) is 0.652. The van der Waals surface area contributed by atoms with Gasteiger partial charge in [-0.3, -0.25) is 0 Å². The summed E-state index contributed by atoms with van der Waals surface area (Å²) >= 11 is 6.16. The predicted octanol–water partition coefficient (Wildman–Crippen LogP) is 5.15. The van der Waals surface area contributed by atoms with Crippen LogP contribution in [0.2, 0.25) is 5.02 Å². The minimum atomic E-state index is 0.174. The van der Waals surface area contributed by atoms with E-state index < -0.39 is 0 Å². The highest BCUT2D eigenvalue weighted by molar-refractivity contribution is 6.30. The molecule has 1 rings (SSSR count). The van der Waals surface area contributed by atoms with Crippen molar-refractivity contribution in [1.29, 1.82) is 0 Å². The minimum absolute atomic E-state index is 0.174. The van der Waals surface area contributed by atoms with Crippen molar-refractivity contribution >= 4 is 11.6 Å². The van der Waals surface area contributed by atoms with Gasteiger partial charge in [-0.1, -0.05) is 52.3 Å². The monoisotopic (exact) mass is 224 g/mol. The zero-order valence-corrected chi connectivity index (χ0v) is 11.2. The second-order valence-corrected chi connectivity index (χ2v) is 5.77. The van der Waals surface area contributed by atoms with Crippen LogP contribution in [-0.4, -0.2) is 0 Å². The molecule has 0 heterocycles. The van der Waals surface area contributed by atoms with Crippen LogP contribution < -0.4 is 0 Å². The molecule has 0 spiro atoms. The summed E-state index contributed by atoms with van der Waals surface area (Å²) in [4.78, 5) is 0. The highest BCUT2D eigenvalue weighted by Crippen LogP contribution is 2.30. The second kappa shape index (κ2) is 4.57. The standard InChI is InChI=1S/C14H21Cl/c1-6-10(2)11-7-12(14(3,4)5)9-13(15)8-11/h7-10H,6H2,1-5H3. The highest BCUT2D eigenvalue weighted by atomic mass is 35.5. The van der Waals surface area contributed by atoms with Crippen LogP contribution >= 0.6 is 11.6 Å². The molecule has 0 aliphatic heterocycles. The molecule has 0 bridgehead atoms. The van der Waals surface area contributed by atoms with E-state index in [1.165, 1.54) is 11.1 Å². The molecular formula is C14H21Cl. The number of halogens is 1. The number of hydrogen-bond acceptors (Lipinski definition) is 0. The van der Waals surface area contributed by atoms with Crippen molar-refractivity contribution in [2.75, 3.05) is 0 Å². The van der Waals surface area contributed by atoms with Crippen molar-refractivity contribution in [3.63, 3.8) is 0 Å². The maximum Gasteiger partial charge on any atom is 0.0411 e. The first kappa shape index (κ1) is 12.6. The topological polar surface area (TPSA) is 0 Å². The lowest BCUT2D eigenvalue weighted by atomic mass is 9.84. The van der Waals surface area contributed by atoms with Crippen LogP contribution in [0.5, 0.6) is 0 Å². The molecule has 1 aromatic carbocycles. The van der Waals surface area contributed by atoms with Crippen LogP contribution in [0.4, 0.5) is 0 Å². The number of hydrogen-bond donors (Lipinski definition) is 0. The van der Waals surface area contributed by atoms with Crippen molar-refractivity contribution in [3.8, 4) is 0 Å². The summed E-state index contributed by atoms with van der Waals surface area (Å²) < 4.78 is 0. The third-order valence-electron chi connectivity index (χ3n) is 2.97. The molecule has 0 amide bonds. The lowest BCUT2D eigenvalue weighted by molar-refractivity contribution is 0.587. The van der Waals surface area contributed by atoms with Crippen molar-refractivity contribution in [1.82, 2.24) is 0 Å². The van der Waals surface area contributed by atoms with Crippen LogP contribution in [-0.2, 0) is 5.41 Å². The summed E-state index contributed by atoms with van der Waals surface area (Å²) in [7, 11) is 0. The maximum absolute atomic E-state index is 6.16. The fourth-order valence-electron chi connectivity index (χ4n) is 1.57. The van der Waals surface area contributed by atoms with E-state index in [1.807, 2.05) is 0 Å². The van der Waals surface area contributed by atoms with Crippen LogP contribution in [0.15, 0.2) is 18.2 Å². The Bertz CT molecular complexity index is 334. The van der Waals surface area contributed by atoms with Crippen LogP contribution in [0.1, 0.15) is 58.1 Å². The Morgan fingerprint density at radius 3 is 2.27 bits per heavy atom. The first-order chi connectivity index (χ1) is 6.84. The molecule has 1 unspecified atom stereocenters. The van der Waals surface area contributed by atoms with Gasteiger partial charge in [-0.05, 0) is 41.0 Å². The summed E-state index contributed by atoms with van der Waals surface area (Å²) in [5.41, 5.74) is 2.85. The van der Waals surface area contributed by atoms with E-state index in [4.69, 9.17) is 11.6 Å². The van der Waals surface area contributed by atoms with Crippen molar-refractivity contribution in [2.45, 2.75) is 52.4 Å². The first-order valence-electron chi connectivity index (χ1n) is 5.65. The smallest absolute Gasteiger partial charge is 0.0411 e. The van der Waals surface area contributed by atoms with Gasteiger partial charge in [0.15, 0.2) is 0 Å². The lowest BCUT2D eigenvalue weighted by Gasteiger charge is -2.21. The Labute approximate surface area is 98.7 Å². The van der Waals surface area contributed by atoms with E-state index in [2.05, 4.69) is 52.8 Å². The SMILES string of the molecule is CCC(C)c1cc(Cl)cc(C(C)(C)C)c1. The van der Waals surface area contributed by atoms with E-state index in [-0.39, 0.29) is 5.41 Å². The Hall–Kier alpha value is -0.490. The van der Waals surface area contributed by atoms with Crippen molar-refractivity contribution < 1.29 is 0 Å². The molecule has 0 saturated carbocycles. The van der Waals surface area contributed by atoms with Gasteiger partial charge in [0.25, 0.3) is 0 Å². The second-order valence-electron chi connectivity index (χ2n) is 5.33. The molecule has 0 fully saturated rings. The fraction of sp³-hybridized carbons (Fsp3) is 0.571. The van der Waals surface area contributed by atoms with E-state index in [0.29, 0.717) is 5.92 Å². The molecule has 84 valence electrons. The van der Waals surface area contributed by atoms with Gasteiger partial charge in [-0.2, -0.15) is 0 Å². The minimum Gasteiger partial charge on any atom is -0.0843 e. The summed E-state index contributed by atoms with van der Waals surface area (Å²) in [5.74, 6) is 0.588. The summed E-state index contributed by atoms with van der Waals surface area (Å²) in [6.07, 6.45) is 1.16. The molecule has 15 heavy (non-hydrogen) atoms. The summed E-state index contributed by atoms with van der Waals surface area (Å²) in [6, 6.07) is 6.46. The van der Waals surface area contributed by atoms with Crippen molar-refractivity contribution in [2.24, 2.45) is 0 Å². The average molecular weight is 225 g/mol. The van der Waals surface area contributed by atoms with Gasteiger partial charge < -0.3 is 0 Å². The van der Waals surface area contributed by atoms with Crippen LogP contribution in [0.3, 0.4) is 0 Å². The zero-order chi connectivity index (χ0) is 11.6. The molecule has 0 radical (unpaired) electrons. The Morgan fingerprint density at radius 2 is 1.80 bits per heavy atom. The normalized spacial score (nSPS) is 14.0. The Kier molecular flexibility index (Phi) is 3.83. The van der Waals surface area contributed by atoms with E-state index in [9.17, 15) is 0 Å². The third kappa shape index (κ3) is 3.24. The van der Waals surface area contributed by atoms with E-state index >= 15 is 0 Å². The summed E-state index contributed by atoms with van der Waals surface area (Å²) in [6.45, 7) is 11.1. The van der Waals surface area contributed by atoms with Crippen molar-refractivity contribution in [3.05, 3.63) is 34.3 Å². The zero-order valence-electron chi connectivity index (χ0n) is 10.4. The van der Waals surface area contributed by atoms with Gasteiger partial charge >= 0.3 is 0 Å². The van der Waals surface area contributed by atoms with Crippen LogP contribution in [0, 0.1) is 0 Å². The van der Waals surface area contributed by atoms with E-state index in [0.717, 1.165) is 11.4 Å². The van der Waals surface area contributed by atoms with Gasteiger partial charge in [0.2, 0.25) is 0 Å². The lowest BCUT2D eigenvalue weighted by Crippen LogP contribution is -2.11. The molecular weight excluding hydrogens is 204 g/mol. The Morgan fingerprint density at radius 1 is 1.20 bits per heavy atom. The first-order valence-corrected chi connectivity index (χ1v) is 6.03. The maximum atomic E-state index is 6.16. The average Bonchev–Trinajstić information content (AvgIpc) is 2.14. The summed E-state index contributed by atoms with van der Waals surface area (Å²) in [5, 5.41) is 0.859. The van der Waals surface area contributed by atoms with Gasteiger partial charge in [0, 0.05) is 5.02 Å². The Balaban J connectivity index is 3.17. The van der Waals surface area contributed by atoms with Gasteiger partial charge in [-0.15, -0.1) is 0 Å². The van der Waals surface area contributed by atoms with Gasteiger partial charge in [0.1, 0.15) is 0 Å². The fourth-order valence-corrected chi connectivity index (χ4v) is 1.81. The molecule has 0 saturated heterocycles.